The Morgan fingerprint density at radius 1 is 0.941 bits per heavy atom. The van der Waals surface area contributed by atoms with Crippen molar-refractivity contribution in [3.05, 3.63) is 82.8 Å². The van der Waals surface area contributed by atoms with Crippen LogP contribution in [-0.4, -0.2) is 48.9 Å². The van der Waals surface area contributed by atoms with Crippen LogP contribution in [0.25, 0.3) is 0 Å². The molecule has 1 aromatic heterocycles. The van der Waals surface area contributed by atoms with E-state index in [-0.39, 0.29) is 17.3 Å². The second kappa shape index (κ2) is 10.1. The fourth-order valence-electron chi connectivity index (χ4n) is 4.33. The van der Waals surface area contributed by atoms with E-state index < -0.39 is 15.8 Å². The Kier molecular flexibility index (Phi) is 7.23. The minimum atomic E-state index is -3.73. The molecule has 2 aromatic carbocycles. The van der Waals surface area contributed by atoms with Gasteiger partial charge in [0.2, 0.25) is 10.0 Å². The molecule has 2 heterocycles. The zero-order valence-electron chi connectivity index (χ0n) is 19.3. The van der Waals surface area contributed by atoms with E-state index in [1.54, 1.807) is 6.07 Å². The number of anilines is 1. The zero-order chi connectivity index (χ0) is 24.3. The van der Waals surface area contributed by atoms with Crippen molar-refractivity contribution in [2.24, 2.45) is 0 Å². The molecule has 0 amide bonds. The van der Waals surface area contributed by atoms with Gasteiger partial charge in [0.05, 0.1) is 4.90 Å². The van der Waals surface area contributed by atoms with Crippen molar-refractivity contribution in [2.75, 3.05) is 31.1 Å². The molecule has 1 aliphatic rings. The minimum Gasteiger partial charge on any atom is -0.355 e. The van der Waals surface area contributed by atoms with Crippen LogP contribution < -0.4 is 4.90 Å². The number of hydrogen-bond acceptors (Lipinski definition) is 5. The van der Waals surface area contributed by atoms with E-state index in [0.29, 0.717) is 44.7 Å². The van der Waals surface area contributed by atoms with Crippen molar-refractivity contribution < 1.29 is 17.2 Å². The Morgan fingerprint density at radius 2 is 1.71 bits per heavy atom. The Hall–Kier alpha value is -2.91. The van der Waals surface area contributed by atoms with E-state index >= 15 is 0 Å². The summed E-state index contributed by atoms with van der Waals surface area (Å²) >= 11 is 0. The normalized spacial score (nSPS) is 15.4. The predicted molar refractivity (Wildman–Crippen MR) is 127 cm³/mol. The standard InChI is InChI=1S/C25H28F2N4O2S/c1-3-24-23(17-19-6-4-7-21(27)16-19)25(29-18(2)28-24)30-12-5-13-31(15-14-30)34(32,33)22-10-8-20(26)9-11-22/h4,6-11,16H,3,5,12-15,17H2,1-2H3. The third kappa shape index (κ3) is 5.26. The van der Waals surface area contributed by atoms with Crippen LogP contribution in [0.15, 0.2) is 53.4 Å². The lowest BCUT2D eigenvalue weighted by molar-refractivity contribution is 0.433. The van der Waals surface area contributed by atoms with Gasteiger partial charge in [0.1, 0.15) is 23.3 Å². The van der Waals surface area contributed by atoms with E-state index in [1.165, 1.54) is 28.6 Å². The van der Waals surface area contributed by atoms with Gasteiger partial charge < -0.3 is 4.90 Å². The SMILES string of the molecule is CCc1nc(C)nc(N2CCCN(S(=O)(=O)c3ccc(F)cc3)CC2)c1Cc1cccc(F)c1. The Labute approximate surface area is 199 Å². The predicted octanol–water partition coefficient (Wildman–Crippen LogP) is 4.12. The Bertz CT molecular complexity index is 1270. The molecule has 0 atom stereocenters. The van der Waals surface area contributed by atoms with E-state index in [0.717, 1.165) is 34.8 Å². The number of benzene rings is 2. The lowest BCUT2D eigenvalue weighted by Crippen LogP contribution is -2.35. The van der Waals surface area contributed by atoms with Gasteiger partial charge in [-0.3, -0.25) is 0 Å². The average Bonchev–Trinajstić information content (AvgIpc) is 3.07. The van der Waals surface area contributed by atoms with Crippen LogP contribution in [-0.2, 0) is 22.9 Å². The second-order valence-electron chi connectivity index (χ2n) is 8.38. The first-order chi connectivity index (χ1) is 16.3. The van der Waals surface area contributed by atoms with Crippen LogP contribution in [0.3, 0.4) is 0 Å². The van der Waals surface area contributed by atoms with Crippen LogP contribution in [0.2, 0.25) is 0 Å². The van der Waals surface area contributed by atoms with Crippen LogP contribution in [0.4, 0.5) is 14.6 Å². The number of sulfonamides is 1. The van der Waals surface area contributed by atoms with Gasteiger partial charge in [-0.2, -0.15) is 4.31 Å². The molecular formula is C25H28F2N4O2S. The number of nitrogens with zero attached hydrogens (tertiary/aromatic N) is 4. The largest absolute Gasteiger partial charge is 0.355 e. The zero-order valence-corrected chi connectivity index (χ0v) is 20.2. The van der Waals surface area contributed by atoms with Crippen molar-refractivity contribution in [1.82, 2.24) is 14.3 Å². The van der Waals surface area contributed by atoms with Gasteiger partial charge in [-0.15, -0.1) is 0 Å². The number of aryl methyl sites for hydroxylation is 2. The maximum Gasteiger partial charge on any atom is 0.243 e. The first-order valence-electron chi connectivity index (χ1n) is 11.4. The molecular weight excluding hydrogens is 458 g/mol. The van der Waals surface area contributed by atoms with Crippen molar-refractivity contribution in [3.63, 3.8) is 0 Å². The molecule has 0 saturated carbocycles. The van der Waals surface area contributed by atoms with Crippen molar-refractivity contribution >= 4 is 15.8 Å². The quantitative estimate of drug-likeness (QED) is 0.525. The van der Waals surface area contributed by atoms with E-state index in [9.17, 15) is 17.2 Å². The van der Waals surface area contributed by atoms with Crippen molar-refractivity contribution in [2.45, 2.75) is 38.0 Å². The fourth-order valence-corrected chi connectivity index (χ4v) is 5.79. The summed E-state index contributed by atoms with van der Waals surface area (Å²) in [6, 6.07) is 11.4. The van der Waals surface area contributed by atoms with Crippen LogP contribution in [0.1, 0.15) is 36.0 Å². The van der Waals surface area contributed by atoms with Gasteiger partial charge in [-0.25, -0.2) is 27.2 Å². The number of rotatable bonds is 6. The van der Waals surface area contributed by atoms with Crippen molar-refractivity contribution in [3.8, 4) is 0 Å². The topological polar surface area (TPSA) is 66.4 Å². The summed E-state index contributed by atoms with van der Waals surface area (Å²) in [5.74, 6) is 0.656. The van der Waals surface area contributed by atoms with Crippen molar-refractivity contribution in [1.29, 1.82) is 0 Å². The monoisotopic (exact) mass is 486 g/mol. The molecule has 4 rings (SSSR count). The van der Waals surface area contributed by atoms with E-state index in [2.05, 4.69) is 9.88 Å². The molecule has 3 aromatic rings. The minimum absolute atomic E-state index is 0.0836. The summed E-state index contributed by atoms with van der Waals surface area (Å²) in [6.45, 7) is 5.60. The van der Waals surface area contributed by atoms with Gasteiger partial charge in [-0.05, 0) is 61.7 Å². The van der Waals surface area contributed by atoms with E-state index in [4.69, 9.17) is 4.98 Å². The molecule has 0 spiro atoms. The summed E-state index contributed by atoms with van der Waals surface area (Å²) in [7, 11) is -3.73. The summed E-state index contributed by atoms with van der Waals surface area (Å²) in [6.07, 6.45) is 1.81. The van der Waals surface area contributed by atoms with Gasteiger partial charge in [0.25, 0.3) is 0 Å². The molecule has 1 aliphatic heterocycles. The second-order valence-corrected chi connectivity index (χ2v) is 10.3. The first kappa shape index (κ1) is 24.2. The highest BCUT2D eigenvalue weighted by molar-refractivity contribution is 7.89. The summed E-state index contributed by atoms with van der Waals surface area (Å²) < 4.78 is 54.8. The van der Waals surface area contributed by atoms with E-state index in [1.807, 2.05) is 19.9 Å². The molecule has 180 valence electrons. The molecule has 0 N–H and O–H groups in total. The van der Waals surface area contributed by atoms with Gasteiger partial charge in [0, 0.05) is 43.9 Å². The molecule has 0 aliphatic carbocycles. The van der Waals surface area contributed by atoms with Gasteiger partial charge >= 0.3 is 0 Å². The third-order valence-corrected chi connectivity index (χ3v) is 7.91. The molecule has 6 nitrogen and oxygen atoms in total. The highest BCUT2D eigenvalue weighted by atomic mass is 32.2. The first-order valence-corrected chi connectivity index (χ1v) is 12.8. The lowest BCUT2D eigenvalue weighted by Gasteiger charge is -2.26. The number of hydrogen-bond donors (Lipinski definition) is 0. The molecule has 9 heteroatoms. The highest BCUT2D eigenvalue weighted by Crippen LogP contribution is 2.27. The average molecular weight is 487 g/mol. The fraction of sp³-hybridized carbons (Fsp3) is 0.360. The Morgan fingerprint density at radius 3 is 2.41 bits per heavy atom. The maximum absolute atomic E-state index is 13.8. The lowest BCUT2D eigenvalue weighted by atomic mass is 10.0. The van der Waals surface area contributed by atoms with Gasteiger partial charge in [-0.1, -0.05) is 19.1 Å². The smallest absolute Gasteiger partial charge is 0.243 e. The Balaban J connectivity index is 1.62. The highest BCUT2D eigenvalue weighted by Gasteiger charge is 2.28. The molecule has 0 unspecified atom stereocenters. The molecule has 0 radical (unpaired) electrons. The molecule has 0 bridgehead atoms. The summed E-state index contributed by atoms with van der Waals surface area (Å²) in [4.78, 5) is 11.5. The third-order valence-electron chi connectivity index (χ3n) is 5.99. The van der Waals surface area contributed by atoms with Crippen LogP contribution in [0.5, 0.6) is 0 Å². The summed E-state index contributed by atoms with van der Waals surface area (Å²) in [5, 5.41) is 0. The van der Waals surface area contributed by atoms with Crippen LogP contribution in [0, 0.1) is 18.6 Å². The number of halogens is 2. The maximum atomic E-state index is 13.8. The molecule has 34 heavy (non-hydrogen) atoms. The summed E-state index contributed by atoms with van der Waals surface area (Å²) in [5.41, 5.74) is 2.68. The molecule has 1 saturated heterocycles. The number of aromatic nitrogens is 2. The van der Waals surface area contributed by atoms with Gasteiger partial charge in [0.15, 0.2) is 0 Å². The van der Waals surface area contributed by atoms with Crippen LogP contribution >= 0.6 is 0 Å². The molecule has 1 fully saturated rings.